The van der Waals surface area contributed by atoms with Crippen LogP contribution in [0.4, 0.5) is 11.4 Å². The second-order valence-corrected chi connectivity index (χ2v) is 7.54. The molecule has 3 nitrogen and oxygen atoms in total. The molecule has 1 N–H and O–H groups in total. The van der Waals surface area contributed by atoms with E-state index in [2.05, 4.69) is 32.2 Å². The van der Waals surface area contributed by atoms with E-state index in [9.17, 15) is 4.79 Å². The van der Waals surface area contributed by atoms with Crippen LogP contribution in [0.25, 0.3) is 0 Å². The number of nitrogens with zero attached hydrogens (tertiary/aromatic N) is 1. The maximum atomic E-state index is 12.5. The van der Waals surface area contributed by atoms with Crippen LogP contribution in [-0.4, -0.2) is 19.0 Å². The fourth-order valence-corrected chi connectivity index (χ4v) is 3.73. The number of benzene rings is 2. The molecule has 0 aromatic heterocycles. The van der Waals surface area contributed by atoms with Crippen LogP contribution in [-0.2, 0) is 4.79 Å². The highest BCUT2D eigenvalue weighted by Crippen LogP contribution is 2.27. The maximum absolute atomic E-state index is 12.5. The molecule has 1 aliphatic heterocycles. The van der Waals surface area contributed by atoms with Gasteiger partial charge in [-0.2, -0.15) is 0 Å². The summed E-state index contributed by atoms with van der Waals surface area (Å²) in [7, 11) is 0. The van der Waals surface area contributed by atoms with Crippen molar-refractivity contribution in [2.24, 2.45) is 5.92 Å². The van der Waals surface area contributed by atoms with E-state index in [-0.39, 0.29) is 11.8 Å². The summed E-state index contributed by atoms with van der Waals surface area (Å²) in [5, 5.41) is 3.82. The molecule has 3 rings (SSSR count). The lowest BCUT2D eigenvalue weighted by molar-refractivity contribution is -0.120. The van der Waals surface area contributed by atoms with Gasteiger partial charge in [-0.1, -0.05) is 33.6 Å². The van der Waals surface area contributed by atoms with Crippen LogP contribution in [0, 0.1) is 12.8 Å². The Bertz CT molecular complexity index is 742. The molecule has 1 amide bonds. The molecule has 0 unspecified atom stereocenters. The minimum atomic E-state index is 0.0588. The van der Waals surface area contributed by atoms with Gasteiger partial charge in [0, 0.05) is 39.9 Å². The summed E-state index contributed by atoms with van der Waals surface area (Å²) in [6, 6.07) is 13.8. The van der Waals surface area contributed by atoms with E-state index in [1.165, 1.54) is 0 Å². The predicted octanol–water partition coefficient (Wildman–Crippen LogP) is 5.27. The first-order valence-corrected chi connectivity index (χ1v) is 9.27. The number of aryl methyl sites for hydroxylation is 1. The summed E-state index contributed by atoms with van der Waals surface area (Å²) in [5.74, 6) is 0.176. The zero-order valence-corrected chi connectivity index (χ0v) is 15.9. The number of halogens is 2. The van der Waals surface area contributed by atoms with E-state index in [4.69, 9.17) is 11.6 Å². The largest absolute Gasteiger partial charge is 0.371 e. The summed E-state index contributed by atoms with van der Waals surface area (Å²) >= 11 is 9.51. The van der Waals surface area contributed by atoms with Crippen LogP contribution in [0.15, 0.2) is 46.9 Å². The number of nitrogens with one attached hydrogen (secondary N) is 1. The van der Waals surface area contributed by atoms with Gasteiger partial charge < -0.3 is 10.2 Å². The van der Waals surface area contributed by atoms with Crippen molar-refractivity contribution in [3.63, 3.8) is 0 Å². The smallest absolute Gasteiger partial charge is 0.227 e. The lowest BCUT2D eigenvalue weighted by Crippen LogP contribution is -2.38. The molecule has 1 saturated heterocycles. The fourth-order valence-electron chi connectivity index (χ4n) is 3.07. The van der Waals surface area contributed by atoms with Crippen molar-refractivity contribution in [2.45, 2.75) is 19.8 Å². The molecule has 1 aliphatic rings. The normalized spacial score (nSPS) is 15.4. The summed E-state index contributed by atoms with van der Waals surface area (Å²) in [6.07, 6.45) is 1.71. The van der Waals surface area contributed by atoms with Crippen LogP contribution in [0.5, 0.6) is 0 Å². The quantitative estimate of drug-likeness (QED) is 0.752. The van der Waals surface area contributed by atoms with E-state index in [0.29, 0.717) is 0 Å². The average molecular weight is 408 g/mol. The number of rotatable bonds is 3. The Morgan fingerprint density at radius 1 is 1.21 bits per heavy atom. The standard InChI is InChI=1S/C19H20BrClN2O/c1-13-11-15(20)5-6-18(13)22-19(24)14-7-9-23(10-8-14)17-4-2-3-16(21)12-17/h2-6,11-12,14H,7-10H2,1H3,(H,22,24). The highest BCUT2D eigenvalue weighted by Gasteiger charge is 2.25. The number of amides is 1. The zero-order chi connectivity index (χ0) is 17.1. The maximum Gasteiger partial charge on any atom is 0.227 e. The number of carbonyl (C=O) groups is 1. The van der Waals surface area contributed by atoms with E-state index >= 15 is 0 Å². The van der Waals surface area contributed by atoms with Gasteiger partial charge >= 0.3 is 0 Å². The molecule has 5 heteroatoms. The van der Waals surface area contributed by atoms with Gasteiger partial charge in [-0.15, -0.1) is 0 Å². The predicted molar refractivity (Wildman–Crippen MR) is 104 cm³/mol. The van der Waals surface area contributed by atoms with Crippen LogP contribution < -0.4 is 10.2 Å². The average Bonchev–Trinajstić information content (AvgIpc) is 2.57. The Morgan fingerprint density at radius 2 is 1.96 bits per heavy atom. The van der Waals surface area contributed by atoms with Crippen molar-refractivity contribution in [3.05, 3.63) is 57.5 Å². The van der Waals surface area contributed by atoms with E-state index in [1.54, 1.807) is 0 Å². The molecular weight excluding hydrogens is 388 g/mol. The molecule has 1 heterocycles. The molecule has 126 valence electrons. The van der Waals surface area contributed by atoms with Crippen molar-refractivity contribution in [3.8, 4) is 0 Å². The third kappa shape index (κ3) is 4.11. The van der Waals surface area contributed by atoms with Crippen LogP contribution in [0.2, 0.25) is 5.02 Å². The molecule has 2 aromatic carbocycles. The highest BCUT2D eigenvalue weighted by atomic mass is 79.9. The summed E-state index contributed by atoms with van der Waals surface area (Å²) in [6.45, 7) is 3.75. The van der Waals surface area contributed by atoms with E-state index in [0.717, 1.165) is 52.4 Å². The molecular formula is C19H20BrClN2O. The van der Waals surface area contributed by atoms with Crippen molar-refractivity contribution >= 4 is 44.8 Å². The molecule has 1 fully saturated rings. The first-order valence-electron chi connectivity index (χ1n) is 8.10. The molecule has 0 aliphatic carbocycles. The number of piperidine rings is 1. The Labute approximate surface area is 156 Å². The Morgan fingerprint density at radius 3 is 2.62 bits per heavy atom. The Kier molecular flexibility index (Phi) is 5.47. The first kappa shape index (κ1) is 17.3. The molecule has 24 heavy (non-hydrogen) atoms. The van der Waals surface area contributed by atoms with Crippen LogP contribution in [0.3, 0.4) is 0 Å². The number of anilines is 2. The molecule has 0 spiro atoms. The molecule has 0 radical (unpaired) electrons. The number of hydrogen-bond acceptors (Lipinski definition) is 2. The van der Waals surface area contributed by atoms with Crippen molar-refractivity contribution in [2.75, 3.05) is 23.3 Å². The van der Waals surface area contributed by atoms with E-state index < -0.39 is 0 Å². The zero-order valence-electron chi connectivity index (χ0n) is 13.6. The van der Waals surface area contributed by atoms with Gasteiger partial charge in [-0.3, -0.25) is 4.79 Å². The number of hydrogen-bond donors (Lipinski definition) is 1. The van der Waals surface area contributed by atoms with Gasteiger partial charge in [0.2, 0.25) is 5.91 Å². The molecule has 0 atom stereocenters. The van der Waals surface area contributed by atoms with Crippen molar-refractivity contribution in [1.82, 2.24) is 0 Å². The minimum Gasteiger partial charge on any atom is -0.371 e. The summed E-state index contributed by atoms with van der Waals surface area (Å²) < 4.78 is 1.02. The van der Waals surface area contributed by atoms with Gasteiger partial charge in [0.1, 0.15) is 0 Å². The summed E-state index contributed by atoms with van der Waals surface area (Å²) in [5.41, 5.74) is 3.08. The van der Waals surface area contributed by atoms with Gasteiger partial charge in [-0.05, 0) is 61.7 Å². The lowest BCUT2D eigenvalue weighted by atomic mass is 9.95. The van der Waals surface area contributed by atoms with E-state index in [1.807, 2.05) is 43.3 Å². The molecule has 2 aromatic rings. The summed E-state index contributed by atoms with van der Waals surface area (Å²) in [4.78, 5) is 14.8. The fraction of sp³-hybridized carbons (Fsp3) is 0.316. The SMILES string of the molecule is Cc1cc(Br)ccc1NC(=O)C1CCN(c2cccc(Cl)c2)CC1. The van der Waals surface area contributed by atoms with Crippen molar-refractivity contribution < 1.29 is 4.79 Å². The number of carbonyl (C=O) groups excluding carboxylic acids is 1. The second kappa shape index (κ2) is 7.58. The monoisotopic (exact) mass is 406 g/mol. The Balaban J connectivity index is 1.59. The minimum absolute atomic E-state index is 0.0588. The van der Waals surface area contributed by atoms with Gasteiger partial charge in [-0.25, -0.2) is 0 Å². The first-order chi connectivity index (χ1) is 11.5. The Hall–Kier alpha value is -1.52. The van der Waals surface area contributed by atoms with Gasteiger partial charge in [0.05, 0.1) is 0 Å². The highest BCUT2D eigenvalue weighted by molar-refractivity contribution is 9.10. The topological polar surface area (TPSA) is 32.3 Å². The van der Waals surface area contributed by atoms with Gasteiger partial charge in [0.15, 0.2) is 0 Å². The second-order valence-electron chi connectivity index (χ2n) is 6.19. The third-order valence-electron chi connectivity index (χ3n) is 4.49. The molecule has 0 bridgehead atoms. The van der Waals surface area contributed by atoms with Crippen LogP contribution >= 0.6 is 27.5 Å². The lowest BCUT2D eigenvalue weighted by Gasteiger charge is -2.33. The van der Waals surface area contributed by atoms with Crippen LogP contribution in [0.1, 0.15) is 18.4 Å². The third-order valence-corrected chi connectivity index (χ3v) is 5.21. The molecule has 0 saturated carbocycles. The van der Waals surface area contributed by atoms with Crippen molar-refractivity contribution in [1.29, 1.82) is 0 Å². The van der Waals surface area contributed by atoms with Gasteiger partial charge in [0.25, 0.3) is 0 Å².